The van der Waals surface area contributed by atoms with Gasteiger partial charge in [0, 0.05) is 39.7 Å². The van der Waals surface area contributed by atoms with Gasteiger partial charge in [0.15, 0.2) is 5.82 Å². The Morgan fingerprint density at radius 1 is 1.21 bits per heavy atom. The lowest BCUT2D eigenvalue weighted by Gasteiger charge is -2.01. The van der Waals surface area contributed by atoms with Crippen molar-refractivity contribution in [1.29, 1.82) is 0 Å². The molecule has 0 unspecified atom stereocenters. The molecule has 7 nitrogen and oxygen atoms in total. The molecule has 7 heteroatoms. The largest absolute Gasteiger partial charge is 0.354 e. The summed E-state index contributed by atoms with van der Waals surface area (Å²) < 4.78 is 3.27. The number of nitrogens with zero attached hydrogens (tertiary/aromatic N) is 3. The summed E-state index contributed by atoms with van der Waals surface area (Å²) >= 11 is 0. The van der Waals surface area contributed by atoms with Gasteiger partial charge in [-0.1, -0.05) is 0 Å². The molecule has 0 aliphatic carbocycles. The number of aryl methyl sites for hydroxylation is 2. The van der Waals surface area contributed by atoms with E-state index >= 15 is 0 Å². The molecule has 0 saturated heterocycles. The molecule has 0 aromatic carbocycles. The topological polar surface area (TPSA) is 81.0 Å². The molecule has 0 radical (unpaired) electrons. The minimum Gasteiger partial charge on any atom is -0.354 e. The smallest absolute Gasteiger partial charge is 0.291 e. The summed E-state index contributed by atoms with van der Waals surface area (Å²) in [6.07, 6.45) is 4.91. The first-order chi connectivity index (χ1) is 9.02. The van der Waals surface area contributed by atoms with Gasteiger partial charge in [0.25, 0.3) is 11.8 Å². The lowest BCUT2D eigenvalue weighted by atomic mass is 10.3. The van der Waals surface area contributed by atoms with Gasteiger partial charge in [0.05, 0.1) is 5.69 Å². The molecule has 0 aliphatic rings. The fraction of sp³-hybridized carbons (Fsp3) is 0.250. The first-order valence-corrected chi connectivity index (χ1v) is 5.70. The molecule has 0 saturated carbocycles. The van der Waals surface area contributed by atoms with Crippen LogP contribution in [0.3, 0.4) is 0 Å². The van der Waals surface area contributed by atoms with Crippen LogP contribution in [0.4, 0.5) is 5.69 Å². The average molecular weight is 261 g/mol. The molecule has 2 rings (SSSR count). The normalized spacial score (nSPS) is 10.3. The highest BCUT2D eigenvalue weighted by molar-refractivity contribution is 6.03. The summed E-state index contributed by atoms with van der Waals surface area (Å²) in [6, 6.07) is 1.61. The van der Waals surface area contributed by atoms with E-state index in [9.17, 15) is 9.59 Å². The third kappa shape index (κ3) is 2.49. The van der Waals surface area contributed by atoms with Gasteiger partial charge in [-0.25, -0.2) is 4.98 Å². The van der Waals surface area contributed by atoms with Crippen LogP contribution in [0.1, 0.15) is 21.1 Å². The van der Waals surface area contributed by atoms with Gasteiger partial charge in [0.1, 0.15) is 5.69 Å². The molecule has 2 amide bonds. The number of anilines is 1. The van der Waals surface area contributed by atoms with Gasteiger partial charge in [-0.2, -0.15) is 0 Å². The number of imidazole rings is 1. The molecule has 0 bridgehead atoms. The van der Waals surface area contributed by atoms with Crippen molar-refractivity contribution in [1.82, 2.24) is 19.4 Å². The second kappa shape index (κ2) is 4.97. The Kier molecular flexibility index (Phi) is 3.37. The Morgan fingerprint density at radius 3 is 2.53 bits per heavy atom. The fourth-order valence-electron chi connectivity index (χ4n) is 1.76. The highest BCUT2D eigenvalue weighted by atomic mass is 16.2. The number of nitrogens with one attached hydrogen (secondary N) is 2. The maximum absolute atomic E-state index is 12.0. The third-order valence-electron chi connectivity index (χ3n) is 2.75. The van der Waals surface area contributed by atoms with E-state index in [1.54, 1.807) is 54.9 Å². The van der Waals surface area contributed by atoms with Crippen molar-refractivity contribution in [3.05, 3.63) is 36.2 Å². The van der Waals surface area contributed by atoms with Crippen molar-refractivity contribution >= 4 is 17.5 Å². The minimum atomic E-state index is -0.318. The first kappa shape index (κ1) is 12.9. The Morgan fingerprint density at radius 2 is 1.95 bits per heavy atom. The summed E-state index contributed by atoms with van der Waals surface area (Å²) in [5, 5.41) is 5.24. The highest BCUT2D eigenvalue weighted by Crippen LogP contribution is 2.13. The maximum atomic E-state index is 12.0. The number of hydrogen-bond acceptors (Lipinski definition) is 3. The molecular weight excluding hydrogens is 246 g/mol. The number of carbonyl (C=O) groups excluding carboxylic acids is 2. The number of aromatic nitrogens is 3. The Labute approximate surface area is 110 Å². The van der Waals surface area contributed by atoms with Gasteiger partial charge in [-0.3, -0.25) is 9.59 Å². The van der Waals surface area contributed by atoms with Crippen LogP contribution in [0.2, 0.25) is 0 Å². The molecule has 2 N–H and O–H groups in total. The van der Waals surface area contributed by atoms with Gasteiger partial charge < -0.3 is 19.8 Å². The maximum Gasteiger partial charge on any atom is 0.291 e. The molecule has 0 spiro atoms. The molecular formula is C12H15N5O2. The highest BCUT2D eigenvalue weighted by Gasteiger charge is 2.14. The van der Waals surface area contributed by atoms with Crippen molar-refractivity contribution in [2.75, 3.05) is 12.4 Å². The summed E-state index contributed by atoms with van der Waals surface area (Å²) in [5.41, 5.74) is 1.02. The number of amides is 2. The number of rotatable bonds is 3. The Bertz CT molecular complexity index is 626. The Hall–Kier alpha value is -2.57. The van der Waals surface area contributed by atoms with Crippen molar-refractivity contribution in [2.24, 2.45) is 14.1 Å². The standard InChI is InChI=1S/C12H15N5O2/c1-13-11(18)9-6-8(7-17(9)3)15-12(19)10-14-4-5-16(10)2/h4-7H,1-3H3,(H,13,18)(H,15,19). The van der Waals surface area contributed by atoms with E-state index in [1.165, 1.54) is 0 Å². The predicted octanol–water partition coefficient (Wildman–Crippen LogP) is 0.370. The third-order valence-corrected chi connectivity index (χ3v) is 2.75. The van der Waals surface area contributed by atoms with Crippen LogP contribution in [-0.4, -0.2) is 33.0 Å². The summed E-state index contributed by atoms with van der Waals surface area (Å²) in [4.78, 5) is 27.5. The van der Waals surface area contributed by atoms with Crippen LogP contribution in [0, 0.1) is 0 Å². The van der Waals surface area contributed by atoms with Gasteiger partial charge >= 0.3 is 0 Å². The molecule has 0 aliphatic heterocycles. The van der Waals surface area contributed by atoms with Crippen LogP contribution < -0.4 is 10.6 Å². The number of carbonyl (C=O) groups is 2. The van der Waals surface area contributed by atoms with Crippen LogP contribution in [0.5, 0.6) is 0 Å². The summed E-state index contributed by atoms with van der Waals surface area (Å²) in [7, 11) is 5.03. The first-order valence-electron chi connectivity index (χ1n) is 5.70. The Balaban J connectivity index is 2.19. The fourth-order valence-corrected chi connectivity index (χ4v) is 1.76. The second-order valence-electron chi connectivity index (χ2n) is 4.12. The zero-order chi connectivity index (χ0) is 14.0. The van der Waals surface area contributed by atoms with E-state index in [1.807, 2.05) is 0 Å². The zero-order valence-corrected chi connectivity index (χ0v) is 11.0. The quantitative estimate of drug-likeness (QED) is 0.837. The van der Waals surface area contributed by atoms with E-state index in [-0.39, 0.29) is 11.8 Å². The molecule has 0 fully saturated rings. The van der Waals surface area contributed by atoms with Crippen LogP contribution in [0.25, 0.3) is 0 Å². The van der Waals surface area contributed by atoms with E-state index in [0.717, 1.165) is 0 Å². The molecule has 2 aromatic rings. The lowest BCUT2D eigenvalue weighted by molar-refractivity contribution is 0.0953. The summed E-state index contributed by atoms with van der Waals surface area (Å²) in [5.74, 6) is -0.216. The predicted molar refractivity (Wildman–Crippen MR) is 70.0 cm³/mol. The van der Waals surface area contributed by atoms with Gasteiger partial charge in [-0.05, 0) is 6.07 Å². The molecule has 19 heavy (non-hydrogen) atoms. The van der Waals surface area contributed by atoms with Crippen molar-refractivity contribution in [3.8, 4) is 0 Å². The van der Waals surface area contributed by atoms with E-state index in [0.29, 0.717) is 17.2 Å². The van der Waals surface area contributed by atoms with Gasteiger partial charge in [-0.15, -0.1) is 0 Å². The molecule has 0 atom stereocenters. The lowest BCUT2D eigenvalue weighted by Crippen LogP contribution is -2.20. The molecule has 2 heterocycles. The van der Waals surface area contributed by atoms with Crippen molar-refractivity contribution in [2.45, 2.75) is 0 Å². The van der Waals surface area contributed by atoms with Crippen LogP contribution in [-0.2, 0) is 14.1 Å². The molecule has 100 valence electrons. The van der Waals surface area contributed by atoms with Crippen LogP contribution in [0.15, 0.2) is 24.7 Å². The number of hydrogen-bond donors (Lipinski definition) is 2. The van der Waals surface area contributed by atoms with E-state index in [4.69, 9.17) is 0 Å². The van der Waals surface area contributed by atoms with Crippen LogP contribution >= 0.6 is 0 Å². The van der Waals surface area contributed by atoms with E-state index in [2.05, 4.69) is 15.6 Å². The average Bonchev–Trinajstić information content (AvgIpc) is 2.94. The minimum absolute atomic E-state index is 0.208. The van der Waals surface area contributed by atoms with Gasteiger partial charge in [0.2, 0.25) is 0 Å². The second-order valence-corrected chi connectivity index (χ2v) is 4.12. The summed E-state index contributed by atoms with van der Waals surface area (Å²) in [6.45, 7) is 0. The zero-order valence-electron chi connectivity index (χ0n) is 11.0. The van der Waals surface area contributed by atoms with E-state index < -0.39 is 0 Å². The SMILES string of the molecule is CNC(=O)c1cc(NC(=O)c2nccn2C)cn1C. The molecule has 2 aromatic heterocycles. The van der Waals surface area contributed by atoms with Crippen molar-refractivity contribution < 1.29 is 9.59 Å². The monoisotopic (exact) mass is 261 g/mol. The van der Waals surface area contributed by atoms with Crippen molar-refractivity contribution in [3.63, 3.8) is 0 Å².